The summed E-state index contributed by atoms with van der Waals surface area (Å²) in [6.07, 6.45) is -4.40. The van der Waals surface area contributed by atoms with Crippen LogP contribution in [-0.4, -0.2) is 47.3 Å². The third kappa shape index (κ3) is 5.24. The molecule has 1 fully saturated rings. The van der Waals surface area contributed by atoms with Gasteiger partial charge in [-0.1, -0.05) is 23.8 Å². The van der Waals surface area contributed by atoms with Gasteiger partial charge in [-0.3, -0.25) is 0 Å². The van der Waals surface area contributed by atoms with Gasteiger partial charge < -0.3 is 15.1 Å². The zero-order chi connectivity index (χ0) is 23.6. The molecule has 1 aliphatic rings. The molecule has 1 aromatic heterocycles. The second-order valence-electron chi connectivity index (χ2n) is 8.07. The maximum atomic E-state index is 12.7. The van der Waals surface area contributed by atoms with Crippen LogP contribution in [0.3, 0.4) is 0 Å². The second-order valence-corrected chi connectivity index (χ2v) is 8.07. The number of nitrogens with zero attached hydrogens (tertiary/aromatic N) is 4. The van der Waals surface area contributed by atoms with Gasteiger partial charge in [0.2, 0.25) is 0 Å². The van der Waals surface area contributed by atoms with Crippen LogP contribution in [0.25, 0.3) is 11.3 Å². The number of nitrogens with one attached hydrogen (secondary N) is 1. The topological polar surface area (TPSA) is 61.4 Å². The van der Waals surface area contributed by atoms with Crippen LogP contribution < -0.4 is 10.2 Å². The molecule has 2 aromatic carbocycles. The van der Waals surface area contributed by atoms with Gasteiger partial charge in [0.1, 0.15) is 0 Å². The number of benzene rings is 2. The van der Waals surface area contributed by atoms with E-state index in [1.165, 1.54) is 17.7 Å². The molecular weight excluding hydrogens is 431 g/mol. The summed E-state index contributed by atoms with van der Waals surface area (Å²) >= 11 is 0. The first-order valence-electron chi connectivity index (χ1n) is 10.6. The van der Waals surface area contributed by atoms with E-state index in [2.05, 4.69) is 33.4 Å². The van der Waals surface area contributed by atoms with Crippen LogP contribution in [-0.2, 0) is 6.18 Å². The van der Waals surface area contributed by atoms with E-state index in [1.807, 2.05) is 31.2 Å². The lowest BCUT2D eigenvalue weighted by atomic mass is 10.0. The van der Waals surface area contributed by atoms with Crippen LogP contribution in [0.5, 0.6) is 0 Å². The number of aryl methyl sites for hydroxylation is 2. The van der Waals surface area contributed by atoms with Crippen molar-refractivity contribution in [2.24, 2.45) is 0 Å². The highest BCUT2D eigenvalue weighted by atomic mass is 19.4. The number of piperazine rings is 1. The van der Waals surface area contributed by atoms with Gasteiger partial charge in [-0.15, -0.1) is 10.2 Å². The maximum absolute atomic E-state index is 12.7. The van der Waals surface area contributed by atoms with Crippen molar-refractivity contribution in [1.82, 2.24) is 15.1 Å². The van der Waals surface area contributed by atoms with Gasteiger partial charge in [-0.25, -0.2) is 4.79 Å². The molecule has 1 saturated heterocycles. The normalized spacial score (nSPS) is 14.3. The number of hydrogen-bond acceptors (Lipinski definition) is 4. The Hall–Kier alpha value is -3.62. The van der Waals surface area contributed by atoms with Gasteiger partial charge in [0.05, 0.1) is 11.3 Å². The Morgan fingerprint density at radius 2 is 1.61 bits per heavy atom. The van der Waals surface area contributed by atoms with E-state index in [0.29, 0.717) is 31.9 Å². The predicted octanol–water partition coefficient (Wildman–Crippen LogP) is 5.13. The number of carbonyl (C=O) groups is 1. The molecule has 172 valence electrons. The quantitative estimate of drug-likeness (QED) is 0.595. The highest BCUT2D eigenvalue weighted by Crippen LogP contribution is 2.30. The minimum absolute atomic E-state index is 0.322. The molecule has 0 atom stereocenters. The summed E-state index contributed by atoms with van der Waals surface area (Å²) in [5.74, 6) is 0.742. The predicted molar refractivity (Wildman–Crippen MR) is 121 cm³/mol. The van der Waals surface area contributed by atoms with E-state index in [4.69, 9.17) is 0 Å². The lowest BCUT2D eigenvalue weighted by Gasteiger charge is -2.35. The number of rotatable bonds is 3. The number of urea groups is 1. The molecule has 6 nitrogen and oxygen atoms in total. The van der Waals surface area contributed by atoms with Crippen LogP contribution in [0, 0.1) is 13.8 Å². The molecule has 2 amide bonds. The molecule has 0 unspecified atom stereocenters. The van der Waals surface area contributed by atoms with Crippen molar-refractivity contribution in [2.45, 2.75) is 20.0 Å². The Labute approximate surface area is 190 Å². The van der Waals surface area contributed by atoms with Crippen LogP contribution in [0.4, 0.5) is 29.5 Å². The monoisotopic (exact) mass is 455 g/mol. The Morgan fingerprint density at radius 3 is 2.18 bits per heavy atom. The highest BCUT2D eigenvalue weighted by Gasteiger charge is 2.30. The van der Waals surface area contributed by atoms with Gasteiger partial charge >= 0.3 is 12.2 Å². The zero-order valence-corrected chi connectivity index (χ0v) is 18.4. The summed E-state index contributed by atoms with van der Waals surface area (Å²) in [4.78, 5) is 16.2. The Morgan fingerprint density at radius 1 is 0.909 bits per heavy atom. The van der Waals surface area contributed by atoms with Crippen molar-refractivity contribution >= 4 is 17.5 Å². The number of amides is 2. The molecule has 0 radical (unpaired) electrons. The number of anilines is 2. The molecule has 0 spiro atoms. The van der Waals surface area contributed by atoms with Gasteiger partial charge in [0.15, 0.2) is 5.82 Å². The number of halogens is 3. The fourth-order valence-corrected chi connectivity index (χ4v) is 3.82. The van der Waals surface area contributed by atoms with E-state index in [0.717, 1.165) is 34.8 Å². The third-order valence-electron chi connectivity index (χ3n) is 5.66. The van der Waals surface area contributed by atoms with Gasteiger partial charge in [0, 0.05) is 37.4 Å². The number of carbonyl (C=O) groups excluding carboxylic acids is 1. The molecule has 9 heteroatoms. The SMILES string of the molecule is Cc1ccc(-c2ccc(N3CCN(C(=O)Nc4ccc(C(F)(F)F)cc4)CC3)nn2)c(C)c1. The largest absolute Gasteiger partial charge is 0.416 e. The lowest BCUT2D eigenvalue weighted by Crippen LogP contribution is -2.50. The Balaban J connectivity index is 1.33. The molecule has 1 N–H and O–H groups in total. The summed E-state index contributed by atoms with van der Waals surface area (Å²) in [5.41, 5.74) is 3.77. The van der Waals surface area contributed by atoms with E-state index in [9.17, 15) is 18.0 Å². The first-order chi connectivity index (χ1) is 15.7. The molecule has 1 aliphatic heterocycles. The van der Waals surface area contributed by atoms with Crippen molar-refractivity contribution in [2.75, 3.05) is 36.4 Å². The summed E-state index contributed by atoms with van der Waals surface area (Å²) < 4.78 is 38.0. The van der Waals surface area contributed by atoms with Crippen LogP contribution in [0.2, 0.25) is 0 Å². The molecule has 0 aliphatic carbocycles. The summed E-state index contributed by atoms with van der Waals surface area (Å²) in [5, 5.41) is 11.4. The molecule has 2 heterocycles. The molecule has 3 aromatic rings. The minimum atomic E-state index is -4.40. The lowest BCUT2D eigenvalue weighted by molar-refractivity contribution is -0.137. The minimum Gasteiger partial charge on any atom is -0.352 e. The molecule has 0 bridgehead atoms. The zero-order valence-electron chi connectivity index (χ0n) is 18.4. The van der Waals surface area contributed by atoms with E-state index in [-0.39, 0.29) is 6.03 Å². The molecule has 0 saturated carbocycles. The summed E-state index contributed by atoms with van der Waals surface area (Å²) in [6, 6.07) is 14.2. The number of alkyl halides is 3. The summed E-state index contributed by atoms with van der Waals surface area (Å²) in [6.45, 7) is 6.19. The van der Waals surface area contributed by atoms with Gasteiger partial charge in [0.25, 0.3) is 0 Å². The average Bonchev–Trinajstić information content (AvgIpc) is 2.79. The van der Waals surface area contributed by atoms with E-state index in [1.54, 1.807) is 4.90 Å². The first kappa shape index (κ1) is 22.6. The van der Waals surface area contributed by atoms with Crippen molar-refractivity contribution in [3.63, 3.8) is 0 Å². The molecule has 33 heavy (non-hydrogen) atoms. The van der Waals surface area contributed by atoms with E-state index < -0.39 is 11.7 Å². The Bertz CT molecular complexity index is 1120. The average molecular weight is 455 g/mol. The van der Waals surface area contributed by atoms with Crippen LogP contribution in [0.1, 0.15) is 16.7 Å². The maximum Gasteiger partial charge on any atom is 0.416 e. The standard InChI is InChI=1S/C24H24F3N5O/c1-16-3-8-20(17(2)15-16)21-9-10-22(30-29-21)31-11-13-32(14-12-31)23(33)28-19-6-4-18(5-7-19)24(25,26)27/h3-10,15H,11-14H2,1-2H3,(H,28,33). The van der Waals surface area contributed by atoms with Crippen molar-refractivity contribution in [3.8, 4) is 11.3 Å². The highest BCUT2D eigenvalue weighted by molar-refractivity contribution is 5.89. The molecule has 4 rings (SSSR count). The van der Waals surface area contributed by atoms with Crippen molar-refractivity contribution in [1.29, 1.82) is 0 Å². The van der Waals surface area contributed by atoms with Crippen LogP contribution in [0.15, 0.2) is 54.6 Å². The fourth-order valence-electron chi connectivity index (χ4n) is 3.82. The number of aromatic nitrogens is 2. The number of hydrogen-bond donors (Lipinski definition) is 1. The van der Waals surface area contributed by atoms with Gasteiger partial charge in [-0.2, -0.15) is 13.2 Å². The fraction of sp³-hybridized carbons (Fsp3) is 0.292. The third-order valence-corrected chi connectivity index (χ3v) is 5.66. The molecular formula is C24H24F3N5O. The second kappa shape index (κ2) is 9.09. The van der Waals surface area contributed by atoms with Gasteiger partial charge in [-0.05, 0) is 55.8 Å². The van der Waals surface area contributed by atoms with E-state index >= 15 is 0 Å². The summed E-state index contributed by atoms with van der Waals surface area (Å²) in [7, 11) is 0. The van der Waals surface area contributed by atoms with Crippen molar-refractivity contribution in [3.05, 3.63) is 71.3 Å². The first-order valence-corrected chi connectivity index (χ1v) is 10.6. The van der Waals surface area contributed by atoms with Crippen LogP contribution >= 0.6 is 0 Å². The van der Waals surface area contributed by atoms with Crippen molar-refractivity contribution < 1.29 is 18.0 Å². The smallest absolute Gasteiger partial charge is 0.352 e. The Kier molecular flexibility index (Phi) is 6.22.